The molecule has 0 bridgehead atoms. The third-order valence-electron chi connectivity index (χ3n) is 5.29. The van der Waals surface area contributed by atoms with Gasteiger partial charge in [0.05, 0.1) is 24.3 Å². The van der Waals surface area contributed by atoms with Gasteiger partial charge in [-0.05, 0) is 76.1 Å². The molecule has 0 saturated heterocycles. The summed E-state index contributed by atoms with van der Waals surface area (Å²) in [4.78, 5) is 0. The first-order valence-corrected chi connectivity index (χ1v) is 10.5. The van der Waals surface area contributed by atoms with Crippen molar-refractivity contribution in [2.24, 2.45) is 0 Å². The molecular formula is C24H24BrN2O3+. The Morgan fingerprint density at radius 3 is 2.40 bits per heavy atom. The fourth-order valence-corrected chi connectivity index (χ4v) is 4.25. The lowest BCUT2D eigenvalue weighted by Gasteiger charge is -2.30. The zero-order chi connectivity index (χ0) is 21.1. The van der Waals surface area contributed by atoms with Gasteiger partial charge in [-0.1, -0.05) is 12.1 Å². The molecule has 30 heavy (non-hydrogen) atoms. The van der Waals surface area contributed by atoms with E-state index in [9.17, 15) is 5.11 Å². The molecule has 0 radical (unpaired) electrons. The van der Waals surface area contributed by atoms with Crippen LogP contribution in [0.1, 0.15) is 28.9 Å². The summed E-state index contributed by atoms with van der Waals surface area (Å²) in [5.74, 6) is 1.90. The minimum atomic E-state index is -0.0459. The maximum atomic E-state index is 10.4. The van der Waals surface area contributed by atoms with Crippen molar-refractivity contribution in [3.8, 4) is 17.2 Å². The molecule has 0 saturated carbocycles. The number of phenolic OH excluding ortho intramolecular Hbond substituents is 1. The standard InChI is InChI=1S/C24H23BrN2O3/c1-29-17-10-7-15(8-11-17)20-14-21(18-5-3-4-6-22(18)28)27-24(26-20)16-9-12-23(30-2)19(25)13-16/h3-14,21,24,26-28H,1-2H3/p+1. The summed E-state index contributed by atoms with van der Waals surface area (Å²) >= 11 is 3.59. The second-order valence-corrected chi connectivity index (χ2v) is 7.96. The number of ether oxygens (including phenoxy) is 2. The Balaban J connectivity index is 1.74. The number of para-hydroxylation sites is 1. The van der Waals surface area contributed by atoms with Crippen molar-refractivity contribution in [1.29, 1.82) is 0 Å². The second-order valence-electron chi connectivity index (χ2n) is 7.10. The molecular weight excluding hydrogens is 444 g/mol. The molecule has 4 rings (SSSR count). The number of benzene rings is 3. The summed E-state index contributed by atoms with van der Waals surface area (Å²) in [6.45, 7) is 0. The molecule has 0 fully saturated rings. The van der Waals surface area contributed by atoms with Crippen molar-refractivity contribution in [2.45, 2.75) is 12.2 Å². The SMILES string of the molecule is COc1ccc(C2=CC(c3ccccc3O)[NH2+]C(c3ccc(OC)c(Br)c3)N2)cc1. The van der Waals surface area contributed by atoms with Crippen LogP contribution in [0, 0.1) is 0 Å². The zero-order valence-corrected chi connectivity index (χ0v) is 18.4. The number of quaternary nitrogens is 1. The van der Waals surface area contributed by atoms with Crippen LogP contribution in [0.4, 0.5) is 0 Å². The van der Waals surface area contributed by atoms with Crippen LogP contribution in [-0.4, -0.2) is 19.3 Å². The van der Waals surface area contributed by atoms with E-state index in [2.05, 4.69) is 44.8 Å². The molecule has 0 aliphatic carbocycles. The van der Waals surface area contributed by atoms with Crippen LogP contribution in [0.2, 0.25) is 0 Å². The molecule has 2 unspecified atom stereocenters. The maximum Gasteiger partial charge on any atom is 0.186 e. The molecule has 2 atom stereocenters. The van der Waals surface area contributed by atoms with Crippen LogP contribution in [0.3, 0.4) is 0 Å². The Labute approximate surface area is 184 Å². The number of halogens is 1. The number of rotatable bonds is 5. The highest BCUT2D eigenvalue weighted by molar-refractivity contribution is 9.10. The van der Waals surface area contributed by atoms with Crippen LogP contribution in [0.25, 0.3) is 5.70 Å². The predicted octanol–water partition coefficient (Wildman–Crippen LogP) is 4.12. The first-order valence-electron chi connectivity index (χ1n) is 9.68. The highest BCUT2D eigenvalue weighted by Gasteiger charge is 2.29. The van der Waals surface area contributed by atoms with Gasteiger partial charge in [0, 0.05) is 17.3 Å². The van der Waals surface area contributed by atoms with Gasteiger partial charge in [-0.2, -0.15) is 0 Å². The predicted molar refractivity (Wildman–Crippen MR) is 120 cm³/mol. The molecule has 154 valence electrons. The number of aromatic hydroxyl groups is 1. The van der Waals surface area contributed by atoms with Gasteiger partial charge in [0.25, 0.3) is 0 Å². The van der Waals surface area contributed by atoms with E-state index in [1.54, 1.807) is 20.3 Å². The zero-order valence-electron chi connectivity index (χ0n) is 16.8. The van der Waals surface area contributed by atoms with Crippen LogP contribution in [-0.2, 0) is 0 Å². The molecule has 1 aliphatic rings. The average Bonchev–Trinajstić information content (AvgIpc) is 2.79. The number of hydrogen-bond donors (Lipinski definition) is 3. The van der Waals surface area contributed by atoms with E-state index in [1.807, 2.05) is 48.5 Å². The number of nitrogens with one attached hydrogen (secondary N) is 1. The molecule has 3 aromatic carbocycles. The summed E-state index contributed by atoms with van der Waals surface area (Å²) in [7, 11) is 3.32. The van der Waals surface area contributed by atoms with Gasteiger partial charge in [0.2, 0.25) is 0 Å². The molecule has 0 amide bonds. The maximum absolute atomic E-state index is 10.4. The van der Waals surface area contributed by atoms with Crippen molar-refractivity contribution in [3.05, 3.63) is 94.0 Å². The summed E-state index contributed by atoms with van der Waals surface area (Å²) < 4.78 is 11.6. The highest BCUT2D eigenvalue weighted by Crippen LogP contribution is 2.31. The third-order valence-corrected chi connectivity index (χ3v) is 5.91. The van der Waals surface area contributed by atoms with Gasteiger partial charge >= 0.3 is 0 Å². The van der Waals surface area contributed by atoms with Gasteiger partial charge in [0.15, 0.2) is 6.17 Å². The lowest BCUT2D eigenvalue weighted by molar-refractivity contribution is -0.731. The van der Waals surface area contributed by atoms with E-state index in [-0.39, 0.29) is 12.2 Å². The van der Waals surface area contributed by atoms with Crippen molar-refractivity contribution >= 4 is 21.6 Å². The van der Waals surface area contributed by atoms with Crippen LogP contribution >= 0.6 is 15.9 Å². The van der Waals surface area contributed by atoms with Crippen molar-refractivity contribution < 1.29 is 19.9 Å². The fraction of sp³-hybridized carbons (Fsp3) is 0.167. The van der Waals surface area contributed by atoms with Crippen molar-refractivity contribution in [2.75, 3.05) is 14.2 Å². The first kappa shape index (κ1) is 20.3. The Hall–Kier alpha value is -2.96. The summed E-state index contributed by atoms with van der Waals surface area (Å²) in [5.41, 5.74) is 4.04. The summed E-state index contributed by atoms with van der Waals surface area (Å²) in [6.07, 6.45) is 2.10. The first-order chi connectivity index (χ1) is 14.6. The van der Waals surface area contributed by atoms with Crippen LogP contribution < -0.4 is 20.1 Å². The highest BCUT2D eigenvalue weighted by atomic mass is 79.9. The van der Waals surface area contributed by atoms with Gasteiger partial charge in [0.1, 0.15) is 23.3 Å². The third kappa shape index (κ3) is 4.15. The van der Waals surface area contributed by atoms with Crippen molar-refractivity contribution in [1.82, 2.24) is 5.32 Å². The summed E-state index contributed by atoms with van der Waals surface area (Å²) in [5, 5.41) is 16.3. The molecule has 5 nitrogen and oxygen atoms in total. The van der Waals surface area contributed by atoms with E-state index < -0.39 is 0 Å². The smallest absolute Gasteiger partial charge is 0.186 e. The monoisotopic (exact) mass is 467 g/mol. The van der Waals surface area contributed by atoms with Crippen LogP contribution in [0.5, 0.6) is 17.2 Å². The minimum absolute atomic E-state index is 0.0427. The topological polar surface area (TPSA) is 67.3 Å². The Morgan fingerprint density at radius 1 is 0.967 bits per heavy atom. The molecule has 0 aromatic heterocycles. The van der Waals surface area contributed by atoms with E-state index >= 15 is 0 Å². The van der Waals surface area contributed by atoms with Gasteiger partial charge in [-0.15, -0.1) is 0 Å². The van der Waals surface area contributed by atoms with Gasteiger partial charge in [-0.3, -0.25) is 0 Å². The number of hydrogen-bond acceptors (Lipinski definition) is 4. The van der Waals surface area contributed by atoms with Crippen LogP contribution in [0.15, 0.2) is 77.3 Å². The molecule has 1 heterocycles. The van der Waals surface area contributed by atoms with Gasteiger partial charge in [-0.25, -0.2) is 0 Å². The second kappa shape index (κ2) is 8.81. The lowest BCUT2D eigenvalue weighted by Crippen LogP contribution is -2.89. The number of methoxy groups -OCH3 is 2. The Morgan fingerprint density at radius 2 is 1.73 bits per heavy atom. The Kier molecular flexibility index (Phi) is 5.97. The molecule has 4 N–H and O–H groups in total. The molecule has 1 aliphatic heterocycles. The van der Waals surface area contributed by atoms with Crippen molar-refractivity contribution in [3.63, 3.8) is 0 Å². The lowest BCUT2D eigenvalue weighted by atomic mass is 9.98. The molecule has 3 aromatic rings. The van der Waals surface area contributed by atoms with Gasteiger partial charge < -0.3 is 25.2 Å². The van der Waals surface area contributed by atoms with E-state index in [0.717, 1.165) is 38.4 Å². The largest absolute Gasteiger partial charge is 0.507 e. The number of phenols is 1. The fourth-order valence-electron chi connectivity index (χ4n) is 3.69. The van der Waals surface area contributed by atoms with E-state index in [0.29, 0.717) is 5.75 Å². The number of nitrogens with two attached hydrogens (primary N) is 1. The molecule has 0 spiro atoms. The Bertz CT molecular complexity index is 1070. The van der Waals surface area contributed by atoms with E-state index in [1.165, 1.54) is 0 Å². The quantitative estimate of drug-likeness (QED) is 0.527. The molecule has 6 heteroatoms. The normalized spacial score (nSPS) is 18.3. The average molecular weight is 468 g/mol. The van der Waals surface area contributed by atoms with E-state index in [4.69, 9.17) is 9.47 Å². The minimum Gasteiger partial charge on any atom is -0.507 e. The summed E-state index contributed by atoms with van der Waals surface area (Å²) in [6, 6.07) is 21.5.